The maximum Gasteiger partial charge on any atom is 0.242 e. The van der Waals surface area contributed by atoms with Gasteiger partial charge in [-0.25, -0.2) is 0 Å². The van der Waals surface area contributed by atoms with Crippen LogP contribution in [-0.2, 0) is 9.59 Å². The van der Waals surface area contributed by atoms with Crippen LogP contribution >= 0.6 is 27.5 Å². The number of halogens is 2. The fourth-order valence-electron chi connectivity index (χ4n) is 3.27. The van der Waals surface area contributed by atoms with E-state index in [1.54, 1.807) is 29.2 Å². The first-order valence-corrected chi connectivity index (χ1v) is 10.9. The predicted octanol–water partition coefficient (Wildman–Crippen LogP) is 3.53. The van der Waals surface area contributed by atoms with Crippen LogP contribution in [0.5, 0.6) is 0 Å². The summed E-state index contributed by atoms with van der Waals surface area (Å²) in [4.78, 5) is 40.5. The lowest BCUT2D eigenvalue weighted by molar-refractivity contribution is -0.133. The number of Topliss-reactive ketones (excluding diaryl/α,β-unsaturated/α-hetero) is 1. The van der Waals surface area contributed by atoms with Gasteiger partial charge in [0.05, 0.1) is 6.54 Å². The van der Waals surface area contributed by atoms with Crippen LogP contribution in [0.25, 0.3) is 0 Å². The van der Waals surface area contributed by atoms with E-state index in [4.69, 9.17) is 11.6 Å². The van der Waals surface area contributed by atoms with Crippen molar-refractivity contribution in [2.45, 2.75) is 12.8 Å². The largest absolute Gasteiger partial charge is 0.368 e. The van der Waals surface area contributed by atoms with E-state index in [-0.39, 0.29) is 37.0 Å². The quantitative estimate of drug-likeness (QED) is 0.601. The number of piperazine rings is 1. The van der Waals surface area contributed by atoms with Crippen LogP contribution in [0.15, 0.2) is 53.0 Å². The maximum atomic E-state index is 12.4. The summed E-state index contributed by atoms with van der Waals surface area (Å²) >= 11 is 9.37. The molecule has 1 heterocycles. The summed E-state index contributed by atoms with van der Waals surface area (Å²) in [6.07, 6.45) is 0.171. The van der Waals surface area contributed by atoms with Crippen molar-refractivity contribution in [2.24, 2.45) is 0 Å². The number of rotatable bonds is 7. The molecule has 2 aromatic carbocycles. The highest BCUT2D eigenvalue weighted by molar-refractivity contribution is 9.10. The Morgan fingerprint density at radius 1 is 0.967 bits per heavy atom. The minimum atomic E-state index is -0.300. The van der Waals surface area contributed by atoms with Gasteiger partial charge in [-0.2, -0.15) is 0 Å². The van der Waals surface area contributed by atoms with Crippen molar-refractivity contribution in [3.05, 3.63) is 63.6 Å². The third-order valence-electron chi connectivity index (χ3n) is 4.99. The standard InChI is InChI=1S/C22H23BrClN3O3/c23-17-6-4-16(5-7-17)20(28)8-9-21(29)25-15-22(30)27-12-10-26(11-13-27)19-3-1-2-18(24)14-19/h1-7,14H,8-13,15H2,(H,25,29). The van der Waals surface area contributed by atoms with E-state index >= 15 is 0 Å². The van der Waals surface area contributed by atoms with E-state index in [1.165, 1.54) is 0 Å². The molecule has 0 bridgehead atoms. The molecule has 0 aromatic heterocycles. The first kappa shape index (κ1) is 22.3. The molecule has 0 unspecified atom stereocenters. The van der Waals surface area contributed by atoms with Crippen LogP contribution in [0.3, 0.4) is 0 Å². The SMILES string of the molecule is O=C(CCC(=O)c1ccc(Br)cc1)NCC(=O)N1CCN(c2cccc(Cl)c2)CC1. The van der Waals surface area contributed by atoms with Gasteiger partial charge >= 0.3 is 0 Å². The Labute approximate surface area is 189 Å². The number of nitrogens with zero attached hydrogens (tertiary/aromatic N) is 2. The van der Waals surface area contributed by atoms with Gasteiger partial charge in [0.1, 0.15) is 0 Å². The Morgan fingerprint density at radius 2 is 1.67 bits per heavy atom. The van der Waals surface area contributed by atoms with E-state index in [0.29, 0.717) is 36.8 Å². The van der Waals surface area contributed by atoms with E-state index in [1.807, 2.05) is 24.3 Å². The van der Waals surface area contributed by atoms with Crippen molar-refractivity contribution in [1.29, 1.82) is 0 Å². The fourth-order valence-corrected chi connectivity index (χ4v) is 3.72. The van der Waals surface area contributed by atoms with Crippen LogP contribution in [-0.4, -0.2) is 55.2 Å². The summed E-state index contributed by atoms with van der Waals surface area (Å²) in [5.41, 5.74) is 1.61. The second-order valence-electron chi connectivity index (χ2n) is 7.05. The zero-order valence-electron chi connectivity index (χ0n) is 16.4. The Hall–Kier alpha value is -2.38. The number of amides is 2. The molecule has 0 atom stereocenters. The fraction of sp³-hybridized carbons (Fsp3) is 0.318. The average molecular weight is 493 g/mol. The molecule has 2 amide bonds. The number of benzene rings is 2. The Balaban J connectivity index is 1.37. The van der Waals surface area contributed by atoms with Crippen molar-refractivity contribution in [3.63, 3.8) is 0 Å². The monoisotopic (exact) mass is 491 g/mol. The summed E-state index contributed by atoms with van der Waals surface area (Å²) in [5.74, 6) is -0.513. The van der Waals surface area contributed by atoms with Gasteiger partial charge in [0.15, 0.2) is 5.78 Å². The van der Waals surface area contributed by atoms with Crippen molar-refractivity contribution < 1.29 is 14.4 Å². The molecule has 8 heteroatoms. The van der Waals surface area contributed by atoms with Gasteiger partial charge in [-0.15, -0.1) is 0 Å². The van der Waals surface area contributed by atoms with E-state index in [0.717, 1.165) is 10.2 Å². The summed E-state index contributed by atoms with van der Waals surface area (Å²) in [5, 5.41) is 3.31. The Kier molecular flexibility index (Phi) is 7.87. The van der Waals surface area contributed by atoms with Crippen LogP contribution in [0.1, 0.15) is 23.2 Å². The summed E-state index contributed by atoms with van der Waals surface area (Å²) in [6, 6.07) is 14.7. The van der Waals surface area contributed by atoms with Crippen molar-refractivity contribution >= 4 is 50.8 Å². The molecule has 0 radical (unpaired) electrons. The highest BCUT2D eigenvalue weighted by Crippen LogP contribution is 2.20. The molecule has 1 N–H and O–H groups in total. The van der Waals surface area contributed by atoms with Gasteiger partial charge in [-0.3, -0.25) is 14.4 Å². The Bertz CT molecular complexity index is 912. The molecule has 1 fully saturated rings. The highest BCUT2D eigenvalue weighted by atomic mass is 79.9. The van der Waals surface area contributed by atoms with Gasteiger partial charge in [0.25, 0.3) is 0 Å². The molecule has 2 aromatic rings. The van der Waals surface area contributed by atoms with Gasteiger partial charge < -0.3 is 15.1 Å². The Morgan fingerprint density at radius 3 is 2.33 bits per heavy atom. The third kappa shape index (κ3) is 6.31. The van der Waals surface area contributed by atoms with Gasteiger partial charge in [0.2, 0.25) is 11.8 Å². The lowest BCUT2D eigenvalue weighted by Gasteiger charge is -2.36. The van der Waals surface area contributed by atoms with Gasteiger partial charge in [-0.1, -0.05) is 45.7 Å². The van der Waals surface area contributed by atoms with Gasteiger partial charge in [-0.05, 0) is 30.3 Å². The minimum absolute atomic E-state index is 0.0531. The lowest BCUT2D eigenvalue weighted by Crippen LogP contribution is -2.51. The summed E-state index contributed by atoms with van der Waals surface area (Å²) < 4.78 is 0.892. The molecule has 1 aliphatic heterocycles. The summed E-state index contributed by atoms with van der Waals surface area (Å²) in [6.45, 7) is 2.54. The molecule has 30 heavy (non-hydrogen) atoms. The topological polar surface area (TPSA) is 69.7 Å². The third-order valence-corrected chi connectivity index (χ3v) is 5.75. The van der Waals surface area contributed by atoms with E-state index in [9.17, 15) is 14.4 Å². The molecule has 6 nitrogen and oxygen atoms in total. The molecule has 1 saturated heterocycles. The zero-order valence-corrected chi connectivity index (χ0v) is 18.8. The maximum absolute atomic E-state index is 12.4. The minimum Gasteiger partial charge on any atom is -0.368 e. The number of carbonyl (C=O) groups is 3. The average Bonchev–Trinajstić information content (AvgIpc) is 2.76. The molecule has 158 valence electrons. The first-order chi connectivity index (χ1) is 14.4. The number of hydrogen-bond donors (Lipinski definition) is 1. The van der Waals surface area contributed by atoms with Crippen LogP contribution in [0.4, 0.5) is 5.69 Å². The first-order valence-electron chi connectivity index (χ1n) is 9.76. The zero-order chi connectivity index (χ0) is 21.5. The molecule has 0 saturated carbocycles. The molecule has 0 aliphatic carbocycles. The number of hydrogen-bond acceptors (Lipinski definition) is 4. The van der Waals surface area contributed by atoms with Crippen molar-refractivity contribution in [2.75, 3.05) is 37.6 Å². The number of anilines is 1. The van der Waals surface area contributed by atoms with E-state index < -0.39 is 0 Å². The molecule has 1 aliphatic rings. The molecular weight excluding hydrogens is 470 g/mol. The van der Waals surface area contributed by atoms with Crippen LogP contribution in [0.2, 0.25) is 5.02 Å². The lowest BCUT2D eigenvalue weighted by atomic mass is 10.1. The summed E-state index contributed by atoms with van der Waals surface area (Å²) in [7, 11) is 0. The molecular formula is C22H23BrClN3O3. The van der Waals surface area contributed by atoms with Crippen molar-refractivity contribution in [3.8, 4) is 0 Å². The normalized spacial score (nSPS) is 13.8. The number of carbonyl (C=O) groups excluding carboxylic acids is 3. The second-order valence-corrected chi connectivity index (χ2v) is 8.41. The highest BCUT2D eigenvalue weighted by Gasteiger charge is 2.21. The van der Waals surface area contributed by atoms with Crippen LogP contribution < -0.4 is 10.2 Å². The molecule has 0 spiro atoms. The van der Waals surface area contributed by atoms with Crippen LogP contribution in [0, 0.1) is 0 Å². The molecule has 3 rings (SSSR count). The van der Waals surface area contributed by atoms with E-state index in [2.05, 4.69) is 26.1 Å². The predicted molar refractivity (Wildman–Crippen MR) is 121 cm³/mol. The number of ketones is 1. The van der Waals surface area contributed by atoms with Gasteiger partial charge in [0, 0.05) is 59.8 Å². The van der Waals surface area contributed by atoms with Crippen molar-refractivity contribution in [1.82, 2.24) is 10.2 Å². The smallest absolute Gasteiger partial charge is 0.242 e. The number of nitrogens with one attached hydrogen (secondary N) is 1. The second kappa shape index (κ2) is 10.6.